The third-order valence-corrected chi connectivity index (χ3v) is 2.52. The van der Waals surface area contributed by atoms with Crippen LogP contribution in [0.5, 0.6) is 0 Å². The number of amides is 1. The van der Waals surface area contributed by atoms with E-state index in [0.29, 0.717) is 12.0 Å². The summed E-state index contributed by atoms with van der Waals surface area (Å²) in [5.41, 5.74) is 0. The van der Waals surface area contributed by atoms with Crippen LogP contribution in [0.3, 0.4) is 0 Å². The standard InChI is InChI=1S/C9H18N2O/c1-7(11-8(2)12)9-3-5-10-6-4-9/h7,9-10H,3-6H2,1-2H3,(H,11,12). The Kier molecular flexibility index (Phi) is 3.53. The summed E-state index contributed by atoms with van der Waals surface area (Å²) >= 11 is 0. The molecule has 0 aromatic rings. The predicted octanol–water partition coefficient (Wildman–Crippen LogP) is 0.511. The molecule has 0 aromatic carbocycles. The van der Waals surface area contributed by atoms with Crippen LogP contribution < -0.4 is 10.6 Å². The van der Waals surface area contributed by atoms with E-state index in [1.54, 1.807) is 6.92 Å². The van der Waals surface area contributed by atoms with Gasteiger partial charge in [-0.15, -0.1) is 0 Å². The van der Waals surface area contributed by atoms with Crippen molar-refractivity contribution >= 4 is 5.91 Å². The minimum Gasteiger partial charge on any atom is -0.354 e. The van der Waals surface area contributed by atoms with Gasteiger partial charge in [-0.3, -0.25) is 4.79 Å². The van der Waals surface area contributed by atoms with E-state index in [9.17, 15) is 4.79 Å². The van der Waals surface area contributed by atoms with Crippen molar-refractivity contribution in [1.82, 2.24) is 10.6 Å². The van der Waals surface area contributed by atoms with Crippen LogP contribution in [0.25, 0.3) is 0 Å². The molecule has 1 unspecified atom stereocenters. The van der Waals surface area contributed by atoms with Gasteiger partial charge in [-0.05, 0) is 38.8 Å². The Morgan fingerprint density at radius 3 is 2.58 bits per heavy atom. The molecule has 3 nitrogen and oxygen atoms in total. The van der Waals surface area contributed by atoms with Gasteiger partial charge in [0.15, 0.2) is 0 Å². The van der Waals surface area contributed by atoms with Crippen LogP contribution in [0.4, 0.5) is 0 Å². The van der Waals surface area contributed by atoms with Gasteiger partial charge in [0.05, 0.1) is 0 Å². The molecule has 0 saturated carbocycles. The molecule has 1 amide bonds. The SMILES string of the molecule is CC(=O)NC(C)C1CCNCC1. The average Bonchev–Trinajstić information content (AvgIpc) is 2.05. The zero-order valence-electron chi connectivity index (χ0n) is 7.89. The van der Waals surface area contributed by atoms with Gasteiger partial charge in [0.1, 0.15) is 0 Å². The Morgan fingerprint density at radius 2 is 2.08 bits per heavy atom. The van der Waals surface area contributed by atoms with Crippen LogP contribution in [-0.2, 0) is 4.79 Å². The zero-order chi connectivity index (χ0) is 8.97. The molecule has 1 aliphatic rings. The van der Waals surface area contributed by atoms with Crippen molar-refractivity contribution in [2.45, 2.75) is 32.7 Å². The number of hydrogen-bond acceptors (Lipinski definition) is 2. The molecule has 0 aliphatic carbocycles. The Morgan fingerprint density at radius 1 is 1.50 bits per heavy atom. The first-order chi connectivity index (χ1) is 5.70. The first-order valence-corrected chi connectivity index (χ1v) is 4.68. The number of piperidine rings is 1. The third kappa shape index (κ3) is 2.81. The molecule has 0 aromatic heterocycles. The number of carbonyl (C=O) groups is 1. The fraction of sp³-hybridized carbons (Fsp3) is 0.889. The van der Waals surface area contributed by atoms with Gasteiger partial charge in [0, 0.05) is 13.0 Å². The van der Waals surface area contributed by atoms with Crippen LogP contribution in [-0.4, -0.2) is 25.0 Å². The van der Waals surface area contributed by atoms with Crippen molar-refractivity contribution in [3.8, 4) is 0 Å². The Balaban J connectivity index is 2.29. The fourth-order valence-electron chi connectivity index (χ4n) is 1.78. The van der Waals surface area contributed by atoms with E-state index in [2.05, 4.69) is 17.6 Å². The molecule has 1 saturated heterocycles. The molecule has 70 valence electrons. The fourth-order valence-corrected chi connectivity index (χ4v) is 1.78. The van der Waals surface area contributed by atoms with Crippen LogP contribution in [0.15, 0.2) is 0 Å². The summed E-state index contributed by atoms with van der Waals surface area (Å²) in [4.78, 5) is 10.8. The largest absolute Gasteiger partial charge is 0.354 e. The molecule has 0 radical (unpaired) electrons. The minimum atomic E-state index is 0.0843. The maximum atomic E-state index is 10.8. The highest BCUT2D eigenvalue weighted by atomic mass is 16.1. The topological polar surface area (TPSA) is 41.1 Å². The van der Waals surface area contributed by atoms with Crippen LogP contribution >= 0.6 is 0 Å². The molecule has 1 heterocycles. The van der Waals surface area contributed by atoms with Crippen LogP contribution in [0, 0.1) is 5.92 Å². The summed E-state index contributed by atoms with van der Waals surface area (Å²) in [6.07, 6.45) is 2.36. The van der Waals surface area contributed by atoms with Gasteiger partial charge in [-0.1, -0.05) is 0 Å². The first kappa shape index (κ1) is 9.52. The van der Waals surface area contributed by atoms with Crippen molar-refractivity contribution in [3.05, 3.63) is 0 Å². The van der Waals surface area contributed by atoms with Gasteiger partial charge < -0.3 is 10.6 Å². The Hall–Kier alpha value is -0.570. The first-order valence-electron chi connectivity index (χ1n) is 4.68. The normalized spacial score (nSPS) is 21.8. The van der Waals surface area contributed by atoms with Gasteiger partial charge in [-0.2, -0.15) is 0 Å². The molecule has 1 aliphatic heterocycles. The van der Waals surface area contributed by atoms with Crippen molar-refractivity contribution in [3.63, 3.8) is 0 Å². The van der Waals surface area contributed by atoms with Gasteiger partial charge in [0.2, 0.25) is 5.91 Å². The summed E-state index contributed by atoms with van der Waals surface area (Å²) in [6.45, 7) is 5.86. The van der Waals surface area contributed by atoms with E-state index in [1.807, 2.05) is 0 Å². The van der Waals surface area contributed by atoms with E-state index in [4.69, 9.17) is 0 Å². The maximum absolute atomic E-state index is 10.8. The smallest absolute Gasteiger partial charge is 0.217 e. The summed E-state index contributed by atoms with van der Waals surface area (Å²) < 4.78 is 0. The maximum Gasteiger partial charge on any atom is 0.217 e. The van der Waals surface area contributed by atoms with E-state index >= 15 is 0 Å². The highest BCUT2D eigenvalue weighted by molar-refractivity contribution is 5.73. The average molecular weight is 170 g/mol. The highest BCUT2D eigenvalue weighted by Crippen LogP contribution is 2.15. The highest BCUT2D eigenvalue weighted by Gasteiger charge is 2.19. The van der Waals surface area contributed by atoms with E-state index in [-0.39, 0.29) is 5.91 Å². The molecular formula is C9H18N2O. The van der Waals surface area contributed by atoms with Crippen molar-refractivity contribution < 1.29 is 4.79 Å². The second-order valence-electron chi connectivity index (χ2n) is 3.58. The van der Waals surface area contributed by atoms with Crippen molar-refractivity contribution in [2.75, 3.05) is 13.1 Å². The van der Waals surface area contributed by atoms with E-state index in [0.717, 1.165) is 13.1 Å². The lowest BCUT2D eigenvalue weighted by atomic mass is 9.91. The molecule has 3 heteroatoms. The molecule has 1 atom stereocenters. The van der Waals surface area contributed by atoms with E-state index < -0.39 is 0 Å². The molecule has 12 heavy (non-hydrogen) atoms. The van der Waals surface area contributed by atoms with Gasteiger partial charge >= 0.3 is 0 Å². The zero-order valence-corrected chi connectivity index (χ0v) is 7.89. The number of rotatable bonds is 2. The Bertz CT molecular complexity index is 153. The van der Waals surface area contributed by atoms with Crippen molar-refractivity contribution in [2.24, 2.45) is 5.92 Å². The second-order valence-corrected chi connectivity index (χ2v) is 3.58. The summed E-state index contributed by atoms with van der Waals surface area (Å²) in [5, 5.41) is 6.26. The summed E-state index contributed by atoms with van der Waals surface area (Å²) in [6, 6.07) is 0.338. The van der Waals surface area contributed by atoms with Gasteiger partial charge in [-0.25, -0.2) is 0 Å². The van der Waals surface area contributed by atoms with Crippen LogP contribution in [0.1, 0.15) is 26.7 Å². The monoisotopic (exact) mass is 170 g/mol. The number of hydrogen-bond donors (Lipinski definition) is 2. The quantitative estimate of drug-likeness (QED) is 0.634. The number of carbonyl (C=O) groups excluding carboxylic acids is 1. The third-order valence-electron chi connectivity index (χ3n) is 2.52. The minimum absolute atomic E-state index is 0.0843. The van der Waals surface area contributed by atoms with Crippen LogP contribution in [0.2, 0.25) is 0 Å². The Labute approximate surface area is 73.9 Å². The van der Waals surface area contributed by atoms with Gasteiger partial charge in [0.25, 0.3) is 0 Å². The molecule has 1 rings (SSSR count). The predicted molar refractivity (Wildman–Crippen MR) is 48.9 cm³/mol. The molecule has 0 spiro atoms. The van der Waals surface area contributed by atoms with Crippen molar-refractivity contribution in [1.29, 1.82) is 0 Å². The lowest BCUT2D eigenvalue weighted by Gasteiger charge is -2.28. The molecule has 1 fully saturated rings. The lowest BCUT2D eigenvalue weighted by Crippen LogP contribution is -2.41. The molecule has 0 bridgehead atoms. The summed E-state index contributed by atoms with van der Waals surface area (Å²) in [7, 11) is 0. The summed E-state index contributed by atoms with van der Waals surface area (Å²) in [5.74, 6) is 0.746. The van der Waals surface area contributed by atoms with E-state index in [1.165, 1.54) is 12.8 Å². The molecular weight excluding hydrogens is 152 g/mol. The molecule has 2 N–H and O–H groups in total. The lowest BCUT2D eigenvalue weighted by molar-refractivity contribution is -0.119. The number of nitrogens with one attached hydrogen (secondary N) is 2. The second kappa shape index (κ2) is 4.45.